The van der Waals surface area contributed by atoms with Gasteiger partial charge >= 0.3 is 5.92 Å². The molecule has 0 aromatic carbocycles. The van der Waals surface area contributed by atoms with E-state index in [4.69, 9.17) is 8.85 Å². The van der Waals surface area contributed by atoms with E-state index in [2.05, 4.69) is 0 Å². The van der Waals surface area contributed by atoms with E-state index in [0.717, 1.165) is 0 Å². The van der Waals surface area contributed by atoms with Crippen LogP contribution in [0.4, 0.5) is 8.78 Å². The van der Waals surface area contributed by atoms with Crippen molar-refractivity contribution in [3.05, 3.63) is 0 Å². The van der Waals surface area contributed by atoms with Gasteiger partial charge in [0, 0.05) is 0 Å². The number of halogens is 2. The van der Waals surface area contributed by atoms with Gasteiger partial charge in [-0.05, 0) is 39.3 Å². The Morgan fingerprint density at radius 2 is 1.48 bits per heavy atom. The molecule has 0 spiro atoms. The van der Waals surface area contributed by atoms with Crippen molar-refractivity contribution in [1.29, 1.82) is 0 Å². The van der Waals surface area contributed by atoms with Crippen LogP contribution in [0.25, 0.3) is 0 Å². The van der Waals surface area contributed by atoms with Crippen LogP contribution in [0.3, 0.4) is 0 Å². The summed E-state index contributed by atoms with van der Waals surface area (Å²) < 4.78 is 37.5. The molecule has 10 heteroatoms. The van der Waals surface area contributed by atoms with Crippen LogP contribution < -0.4 is 0 Å². The summed E-state index contributed by atoms with van der Waals surface area (Å²) in [6.45, 7) is 9.41. The standard InChI is InChI=1S/C11H24F2O6Si2/c1-20(2,3)18-9(16)8(15)11(17,10(12,13)7-14)19-21(4,5)6/h7-9,15-17H,1-6H3/t8-,9?,11-/m1/s1. The number of aliphatic hydroxyl groups excluding tert-OH is 2. The fourth-order valence-corrected chi connectivity index (χ4v) is 3.54. The molecule has 0 aliphatic rings. The molecule has 0 aromatic rings. The summed E-state index contributed by atoms with van der Waals surface area (Å²) in [5.74, 6) is -7.96. The van der Waals surface area contributed by atoms with Gasteiger partial charge < -0.3 is 24.2 Å². The van der Waals surface area contributed by atoms with Crippen molar-refractivity contribution in [1.82, 2.24) is 0 Å². The number of carbonyl (C=O) groups is 1. The predicted molar refractivity (Wildman–Crippen MR) is 76.8 cm³/mol. The van der Waals surface area contributed by atoms with Crippen molar-refractivity contribution in [3.63, 3.8) is 0 Å². The first-order chi connectivity index (χ1) is 9.06. The number of aldehydes is 1. The Kier molecular flexibility index (Phi) is 6.41. The van der Waals surface area contributed by atoms with Gasteiger partial charge in [0.1, 0.15) is 0 Å². The smallest absolute Gasteiger partial charge is 0.356 e. The molecule has 0 saturated carbocycles. The van der Waals surface area contributed by atoms with Gasteiger partial charge in [0.2, 0.25) is 0 Å². The lowest BCUT2D eigenvalue weighted by Gasteiger charge is -2.42. The zero-order valence-electron chi connectivity index (χ0n) is 13.1. The molecule has 0 rings (SSSR count). The molecule has 6 nitrogen and oxygen atoms in total. The van der Waals surface area contributed by atoms with Crippen LogP contribution in [0.1, 0.15) is 0 Å². The second-order valence-electron chi connectivity index (χ2n) is 6.72. The van der Waals surface area contributed by atoms with Crippen molar-refractivity contribution in [3.8, 4) is 0 Å². The third-order valence-electron chi connectivity index (χ3n) is 2.23. The highest BCUT2D eigenvalue weighted by molar-refractivity contribution is 6.70. The van der Waals surface area contributed by atoms with Gasteiger partial charge in [-0.1, -0.05) is 0 Å². The largest absolute Gasteiger partial charge is 0.391 e. The molecule has 0 aromatic heterocycles. The quantitative estimate of drug-likeness (QED) is 0.343. The third kappa shape index (κ3) is 5.81. The van der Waals surface area contributed by atoms with E-state index in [1.54, 1.807) is 19.6 Å². The Bertz CT molecular complexity index is 369. The minimum absolute atomic E-state index is 0.822. The highest BCUT2D eigenvalue weighted by Crippen LogP contribution is 2.36. The zero-order valence-corrected chi connectivity index (χ0v) is 15.1. The summed E-state index contributed by atoms with van der Waals surface area (Å²) in [7, 11) is -5.18. The van der Waals surface area contributed by atoms with Crippen molar-refractivity contribution >= 4 is 22.9 Å². The second kappa shape index (κ2) is 6.48. The van der Waals surface area contributed by atoms with E-state index in [0.29, 0.717) is 0 Å². The average Bonchev–Trinajstić information content (AvgIpc) is 2.22. The van der Waals surface area contributed by atoms with Crippen LogP contribution in [0.5, 0.6) is 0 Å². The number of hydrogen-bond acceptors (Lipinski definition) is 6. The molecular formula is C11H24F2O6Si2. The Morgan fingerprint density at radius 1 is 1.05 bits per heavy atom. The van der Waals surface area contributed by atoms with Crippen LogP contribution in [0.2, 0.25) is 39.3 Å². The lowest BCUT2D eigenvalue weighted by molar-refractivity contribution is -0.332. The lowest BCUT2D eigenvalue weighted by atomic mass is 10.0. The first-order valence-corrected chi connectivity index (χ1v) is 13.2. The lowest BCUT2D eigenvalue weighted by Crippen LogP contribution is -2.66. The van der Waals surface area contributed by atoms with Gasteiger partial charge in [0.25, 0.3) is 5.79 Å². The average molecular weight is 346 g/mol. The molecule has 0 bridgehead atoms. The fourth-order valence-electron chi connectivity index (χ4n) is 1.50. The molecule has 0 radical (unpaired) electrons. The molecule has 0 fully saturated rings. The Labute approximate surface area is 124 Å². The monoisotopic (exact) mass is 346 g/mol. The number of carbonyl (C=O) groups excluding carboxylic acids is 1. The molecule has 0 amide bonds. The van der Waals surface area contributed by atoms with Gasteiger partial charge in [-0.2, -0.15) is 8.78 Å². The minimum Gasteiger partial charge on any atom is -0.391 e. The topological polar surface area (TPSA) is 96.2 Å². The van der Waals surface area contributed by atoms with Gasteiger partial charge in [0.15, 0.2) is 35.3 Å². The first-order valence-electron chi connectivity index (χ1n) is 6.36. The molecular weight excluding hydrogens is 322 g/mol. The summed E-state index contributed by atoms with van der Waals surface area (Å²) in [4.78, 5) is 10.6. The van der Waals surface area contributed by atoms with E-state index in [-0.39, 0.29) is 0 Å². The Morgan fingerprint density at radius 3 is 1.76 bits per heavy atom. The van der Waals surface area contributed by atoms with E-state index in [1.807, 2.05) is 0 Å². The van der Waals surface area contributed by atoms with Gasteiger partial charge in [-0.25, -0.2) is 0 Å². The molecule has 3 atom stereocenters. The van der Waals surface area contributed by atoms with Crippen LogP contribution >= 0.6 is 0 Å². The normalized spacial score (nSPS) is 19.8. The van der Waals surface area contributed by atoms with E-state index >= 15 is 0 Å². The Hall–Kier alpha value is -0.236. The van der Waals surface area contributed by atoms with E-state index < -0.39 is 47.0 Å². The summed E-state index contributed by atoms with van der Waals surface area (Å²) in [5, 5.41) is 29.7. The minimum atomic E-state index is -4.41. The third-order valence-corrected chi connectivity index (χ3v) is 4.10. The molecule has 1 unspecified atom stereocenters. The van der Waals surface area contributed by atoms with Crippen LogP contribution in [0.15, 0.2) is 0 Å². The van der Waals surface area contributed by atoms with Crippen LogP contribution in [-0.4, -0.2) is 62.3 Å². The van der Waals surface area contributed by atoms with Gasteiger partial charge in [-0.3, -0.25) is 4.79 Å². The molecule has 0 aliphatic heterocycles. The number of rotatable bonds is 8. The van der Waals surface area contributed by atoms with Gasteiger partial charge in [0.05, 0.1) is 0 Å². The van der Waals surface area contributed by atoms with Crippen molar-refractivity contribution in [2.75, 3.05) is 0 Å². The summed E-state index contributed by atoms with van der Waals surface area (Å²) >= 11 is 0. The molecule has 126 valence electrons. The number of alkyl halides is 2. The fraction of sp³-hybridized carbons (Fsp3) is 0.909. The maximum absolute atomic E-state index is 13.7. The first kappa shape index (κ1) is 20.8. The molecule has 0 aliphatic carbocycles. The maximum atomic E-state index is 13.7. The summed E-state index contributed by atoms with van der Waals surface area (Å²) in [5.41, 5.74) is 0. The van der Waals surface area contributed by atoms with Crippen LogP contribution in [-0.2, 0) is 13.6 Å². The SMILES string of the molecule is C[Si](C)(C)OC(O)[C@@H](O)[C@@](O)(O[Si](C)(C)C)C(F)(F)C=O. The molecule has 0 heterocycles. The van der Waals surface area contributed by atoms with E-state index in [1.165, 1.54) is 19.6 Å². The zero-order chi connectivity index (χ0) is 17.3. The molecule has 3 N–H and O–H groups in total. The van der Waals surface area contributed by atoms with Crippen molar-refractivity contribution in [2.24, 2.45) is 0 Å². The summed E-state index contributed by atoms with van der Waals surface area (Å²) in [6.07, 6.45) is -5.43. The maximum Gasteiger partial charge on any atom is 0.356 e. The second-order valence-corrected chi connectivity index (χ2v) is 15.6. The molecule has 0 saturated heterocycles. The molecule has 21 heavy (non-hydrogen) atoms. The number of hydrogen-bond donors (Lipinski definition) is 3. The van der Waals surface area contributed by atoms with Gasteiger partial charge in [-0.15, -0.1) is 0 Å². The van der Waals surface area contributed by atoms with Crippen molar-refractivity contribution < 1.29 is 37.7 Å². The van der Waals surface area contributed by atoms with Crippen molar-refractivity contribution in [2.45, 2.75) is 63.4 Å². The van der Waals surface area contributed by atoms with Crippen LogP contribution in [0, 0.1) is 0 Å². The highest BCUT2D eigenvalue weighted by atomic mass is 28.4. The summed E-state index contributed by atoms with van der Waals surface area (Å²) in [6, 6.07) is 0. The van der Waals surface area contributed by atoms with E-state index in [9.17, 15) is 28.9 Å². The number of aliphatic hydroxyl groups is 3. The Balaban J connectivity index is 5.55. The highest BCUT2D eigenvalue weighted by Gasteiger charge is 2.62. The predicted octanol–water partition coefficient (Wildman–Crippen LogP) is 0.891.